The van der Waals surface area contributed by atoms with Crippen LogP contribution in [-0.4, -0.2) is 62.1 Å². The van der Waals surface area contributed by atoms with Crippen LogP contribution in [-0.2, 0) is 14.3 Å². The number of benzene rings is 2. The Morgan fingerprint density at radius 2 is 1.71 bits per heavy atom. The van der Waals surface area contributed by atoms with Crippen molar-refractivity contribution < 1.29 is 33.6 Å². The van der Waals surface area contributed by atoms with Gasteiger partial charge in [0.2, 0.25) is 0 Å². The van der Waals surface area contributed by atoms with Gasteiger partial charge < -0.3 is 24.4 Å². The number of halogens is 1. The Bertz CT molecular complexity index is 972. The first-order chi connectivity index (χ1) is 16.5. The van der Waals surface area contributed by atoms with Gasteiger partial charge in [-0.3, -0.25) is 4.79 Å². The van der Waals surface area contributed by atoms with Crippen LogP contribution in [0.25, 0.3) is 17.7 Å². The van der Waals surface area contributed by atoms with Gasteiger partial charge in [-0.15, -0.1) is 11.8 Å². The summed E-state index contributed by atoms with van der Waals surface area (Å²) in [7, 11) is 0. The molecule has 0 radical (unpaired) electrons. The van der Waals surface area contributed by atoms with E-state index in [1.807, 2.05) is 36.6 Å². The Morgan fingerprint density at radius 3 is 2.32 bits per heavy atom. The zero-order valence-corrected chi connectivity index (χ0v) is 20.3. The molecule has 0 saturated heterocycles. The van der Waals surface area contributed by atoms with Crippen molar-refractivity contribution in [2.45, 2.75) is 18.2 Å². The lowest BCUT2D eigenvalue weighted by Gasteiger charge is -2.14. The fraction of sp³-hybridized carbons (Fsp3) is 0.346. The molecule has 0 unspecified atom stereocenters. The fourth-order valence-electron chi connectivity index (χ4n) is 3.11. The van der Waals surface area contributed by atoms with Gasteiger partial charge in [-0.05, 0) is 59.7 Å². The number of aliphatic hydroxyl groups excluding tert-OH is 1. The molecule has 0 bridgehead atoms. The van der Waals surface area contributed by atoms with Crippen LogP contribution in [0.15, 0.2) is 47.4 Å². The van der Waals surface area contributed by atoms with Crippen molar-refractivity contribution >= 4 is 35.5 Å². The molecule has 0 spiro atoms. The maximum atomic E-state index is 14.8. The van der Waals surface area contributed by atoms with Crippen LogP contribution in [0.5, 0.6) is 5.75 Å². The monoisotopic (exact) mass is 490 g/mol. The van der Waals surface area contributed by atoms with Crippen molar-refractivity contribution in [3.8, 4) is 5.75 Å². The van der Waals surface area contributed by atoms with Gasteiger partial charge in [0.15, 0.2) is 11.6 Å². The predicted octanol–water partition coefficient (Wildman–Crippen LogP) is 5.00. The van der Waals surface area contributed by atoms with Crippen LogP contribution in [0.4, 0.5) is 4.39 Å². The maximum absolute atomic E-state index is 14.8. The lowest BCUT2D eigenvalue weighted by molar-refractivity contribution is -0.135. The van der Waals surface area contributed by atoms with Crippen LogP contribution < -0.4 is 4.74 Å². The number of thioether (sulfide) groups is 1. The molecule has 184 valence electrons. The van der Waals surface area contributed by atoms with Gasteiger partial charge in [-0.25, -0.2) is 4.39 Å². The average molecular weight is 491 g/mol. The number of hydrogen-bond acceptors (Lipinski definition) is 6. The van der Waals surface area contributed by atoms with Crippen molar-refractivity contribution in [2.75, 3.05) is 45.9 Å². The Labute approximate surface area is 204 Å². The van der Waals surface area contributed by atoms with Crippen LogP contribution >= 0.6 is 11.8 Å². The standard InChI is InChI=1S/C26H31FO6S/c1-3-20(17-26(29)30)23-18-25(33-15-14-32-13-12-31-11-10-28)24(27)16-21(23)7-4-19-5-8-22(34-2)9-6-19/h3-9,16,18,28H,10-15,17H2,1-2H3,(H,29,30)/b7-4-,20-3+. The molecule has 0 aliphatic rings. The summed E-state index contributed by atoms with van der Waals surface area (Å²) in [6.07, 6.45) is 7.16. The largest absolute Gasteiger partial charge is 0.488 e. The highest BCUT2D eigenvalue weighted by molar-refractivity contribution is 7.98. The molecule has 0 atom stereocenters. The number of ether oxygens (including phenoxy) is 3. The van der Waals surface area contributed by atoms with E-state index in [4.69, 9.17) is 19.3 Å². The van der Waals surface area contributed by atoms with Crippen LogP contribution in [0.1, 0.15) is 30.0 Å². The molecule has 6 nitrogen and oxygen atoms in total. The van der Waals surface area contributed by atoms with Gasteiger partial charge in [-0.1, -0.05) is 30.4 Å². The van der Waals surface area contributed by atoms with Crippen molar-refractivity contribution in [1.29, 1.82) is 0 Å². The second-order valence-electron chi connectivity index (χ2n) is 7.16. The third-order valence-electron chi connectivity index (χ3n) is 4.80. The minimum absolute atomic E-state index is 0.0290. The zero-order valence-electron chi connectivity index (χ0n) is 19.5. The van der Waals surface area contributed by atoms with E-state index < -0.39 is 11.8 Å². The van der Waals surface area contributed by atoms with E-state index in [9.17, 15) is 14.3 Å². The first kappa shape index (κ1) is 27.6. The number of allylic oxidation sites excluding steroid dienone is 1. The summed E-state index contributed by atoms with van der Waals surface area (Å²) in [5.41, 5.74) is 2.67. The minimum Gasteiger partial charge on any atom is -0.488 e. The summed E-state index contributed by atoms with van der Waals surface area (Å²) in [6, 6.07) is 10.8. The molecule has 2 aromatic rings. The summed E-state index contributed by atoms with van der Waals surface area (Å²) < 4.78 is 30.8. The summed E-state index contributed by atoms with van der Waals surface area (Å²) in [5.74, 6) is -1.49. The van der Waals surface area contributed by atoms with E-state index in [0.29, 0.717) is 29.9 Å². The predicted molar refractivity (Wildman–Crippen MR) is 134 cm³/mol. The van der Waals surface area contributed by atoms with Crippen molar-refractivity contribution in [1.82, 2.24) is 0 Å². The molecule has 0 fully saturated rings. The minimum atomic E-state index is -0.973. The van der Waals surface area contributed by atoms with Crippen molar-refractivity contribution in [3.05, 3.63) is 65.0 Å². The highest BCUT2D eigenvalue weighted by Crippen LogP contribution is 2.31. The van der Waals surface area contributed by atoms with E-state index in [1.165, 1.54) is 12.1 Å². The molecule has 0 saturated carbocycles. The Morgan fingerprint density at radius 1 is 1.03 bits per heavy atom. The zero-order chi connectivity index (χ0) is 24.8. The number of carboxylic acids is 1. The smallest absolute Gasteiger partial charge is 0.307 e. The normalized spacial score (nSPS) is 11.8. The molecular formula is C26H31FO6S. The summed E-state index contributed by atoms with van der Waals surface area (Å²) in [6.45, 7) is 3.00. The molecule has 0 amide bonds. The van der Waals surface area contributed by atoms with Crippen LogP contribution in [0.3, 0.4) is 0 Å². The highest BCUT2D eigenvalue weighted by Gasteiger charge is 2.15. The molecule has 0 aliphatic heterocycles. The molecule has 2 rings (SSSR count). The third kappa shape index (κ3) is 9.30. The second-order valence-corrected chi connectivity index (χ2v) is 8.04. The maximum Gasteiger partial charge on any atom is 0.307 e. The number of carboxylic acid groups (broad SMARTS) is 1. The Hall–Kier alpha value is -2.65. The second kappa shape index (κ2) is 15.3. The summed E-state index contributed by atoms with van der Waals surface area (Å²) >= 11 is 1.65. The van der Waals surface area contributed by atoms with E-state index >= 15 is 0 Å². The van der Waals surface area contributed by atoms with Gasteiger partial charge in [0, 0.05) is 4.90 Å². The molecule has 34 heavy (non-hydrogen) atoms. The van der Waals surface area contributed by atoms with Gasteiger partial charge in [0.05, 0.1) is 39.5 Å². The van der Waals surface area contributed by atoms with E-state index in [0.717, 1.165) is 10.5 Å². The SMILES string of the molecule is C/C=C(\CC(=O)O)c1cc(OCCOCCOCCO)c(F)cc1/C=C\c1ccc(SC)cc1. The lowest BCUT2D eigenvalue weighted by Crippen LogP contribution is -2.12. The average Bonchev–Trinajstić information content (AvgIpc) is 2.84. The quantitative estimate of drug-likeness (QED) is 0.206. The van der Waals surface area contributed by atoms with Gasteiger partial charge in [0.1, 0.15) is 6.61 Å². The number of aliphatic hydroxyl groups is 1. The Balaban J connectivity index is 2.18. The first-order valence-corrected chi connectivity index (χ1v) is 12.1. The topological polar surface area (TPSA) is 85.2 Å². The number of carbonyl (C=O) groups is 1. The molecular weight excluding hydrogens is 459 g/mol. The van der Waals surface area contributed by atoms with Gasteiger partial charge in [0.25, 0.3) is 0 Å². The molecule has 0 heterocycles. The van der Waals surface area contributed by atoms with Gasteiger partial charge >= 0.3 is 5.97 Å². The van der Waals surface area contributed by atoms with Crippen LogP contribution in [0, 0.1) is 5.82 Å². The fourth-order valence-corrected chi connectivity index (χ4v) is 3.52. The van der Waals surface area contributed by atoms with Gasteiger partial charge in [-0.2, -0.15) is 0 Å². The molecule has 8 heteroatoms. The number of hydrogen-bond donors (Lipinski definition) is 2. The molecule has 2 N–H and O–H groups in total. The van der Waals surface area contributed by atoms with E-state index in [-0.39, 0.29) is 38.6 Å². The van der Waals surface area contributed by atoms with E-state index in [1.54, 1.807) is 30.8 Å². The molecule has 0 aliphatic carbocycles. The van der Waals surface area contributed by atoms with E-state index in [2.05, 4.69) is 0 Å². The third-order valence-corrected chi connectivity index (χ3v) is 5.55. The first-order valence-electron chi connectivity index (χ1n) is 10.9. The summed E-state index contributed by atoms with van der Waals surface area (Å²) in [5, 5.41) is 18.0. The number of aliphatic carboxylic acids is 1. The molecule has 2 aromatic carbocycles. The van der Waals surface area contributed by atoms with Crippen LogP contribution in [0.2, 0.25) is 0 Å². The Kier molecular flexibility index (Phi) is 12.4. The molecule has 0 aromatic heterocycles. The van der Waals surface area contributed by atoms with Crippen molar-refractivity contribution in [2.24, 2.45) is 0 Å². The number of rotatable bonds is 15. The lowest BCUT2D eigenvalue weighted by atomic mass is 9.95. The summed E-state index contributed by atoms with van der Waals surface area (Å²) in [4.78, 5) is 12.5. The van der Waals surface area contributed by atoms with Crippen molar-refractivity contribution in [3.63, 3.8) is 0 Å². The highest BCUT2D eigenvalue weighted by atomic mass is 32.2.